The quantitative estimate of drug-likeness (QED) is 0.806. The smallest absolute Gasteiger partial charge is 0.225 e. The molecule has 0 aromatic carbocycles. The highest BCUT2D eigenvalue weighted by Gasteiger charge is 2.28. The molecule has 7 nitrogen and oxygen atoms in total. The normalized spacial score (nSPS) is 19.0. The number of H-pyrrole nitrogens is 1. The number of amides is 1. The summed E-state index contributed by atoms with van der Waals surface area (Å²) >= 11 is 1.62. The number of aromatic nitrogens is 3. The van der Waals surface area contributed by atoms with E-state index < -0.39 is 0 Å². The van der Waals surface area contributed by atoms with Crippen molar-refractivity contribution in [1.82, 2.24) is 25.3 Å². The molecule has 1 aliphatic heterocycles. The van der Waals surface area contributed by atoms with Gasteiger partial charge in [0.1, 0.15) is 12.0 Å². The van der Waals surface area contributed by atoms with Gasteiger partial charge in [0.25, 0.3) is 0 Å². The molecule has 8 heteroatoms. The number of nitrogens with one attached hydrogen (secondary N) is 2. The highest BCUT2D eigenvalue weighted by molar-refractivity contribution is 7.98. The summed E-state index contributed by atoms with van der Waals surface area (Å²) in [5.41, 5.74) is 0.827. The number of hydrogen-bond donors (Lipinski definition) is 2. The number of fused-ring (bicyclic) bond motifs is 1. The van der Waals surface area contributed by atoms with Gasteiger partial charge in [-0.25, -0.2) is 15.0 Å². The number of aromatic amines is 1. The summed E-state index contributed by atoms with van der Waals surface area (Å²) in [5.74, 6) is 1.70. The van der Waals surface area contributed by atoms with Crippen LogP contribution in [0, 0.1) is 5.92 Å². The van der Waals surface area contributed by atoms with Crippen molar-refractivity contribution in [3.63, 3.8) is 0 Å². The summed E-state index contributed by atoms with van der Waals surface area (Å²) in [4.78, 5) is 24.0. The van der Waals surface area contributed by atoms with Crippen LogP contribution in [0.15, 0.2) is 18.6 Å². The van der Waals surface area contributed by atoms with Crippen molar-refractivity contribution in [2.75, 3.05) is 37.3 Å². The van der Waals surface area contributed by atoms with Gasteiger partial charge >= 0.3 is 0 Å². The highest BCUT2D eigenvalue weighted by Crippen LogP contribution is 2.25. The van der Waals surface area contributed by atoms with Crippen LogP contribution in [0.2, 0.25) is 0 Å². The highest BCUT2D eigenvalue weighted by atomic mass is 32.2. The van der Waals surface area contributed by atoms with E-state index in [1.807, 2.05) is 30.6 Å². The van der Waals surface area contributed by atoms with Gasteiger partial charge in [0, 0.05) is 26.3 Å². The molecule has 0 spiro atoms. The van der Waals surface area contributed by atoms with Crippen LogP contribution in [-0.4, -0.2) is 58.1 Å². The first-order valence-electron chi connectivity index (χ1n) is 7.74. The van der Waals surface area contributed by atoms with E-state index in [2.05, 4.69) is 25.3 Å². The van der Waals surface area contributed by atoms with Crippen LogP contribution >= 0.6 is 11.8 Å². The Balaban J connectivity index is 1.73. The van der Waals surface area contributed by atoms with Crippen molar-refractivity contribution in [2.24, 2.45) is 5.92 Å². The van der Waals surface area contributed by atoms with Crippen molar-refractivity contribution < 1.29 is 4.79 Å². The molecule has 23 heavy (non-hydrogen) atoms. The topological polar surface area (TPSA) is 77.2 Å². The van der Waals surface area contributed by atoms with E-state index in [1.54, 1.807) is 18.1 Å². The fraction of sp³-hybridized carbons (Fsp3) is 0.533. The molecular formula is C15H22N6OS. The third-order valence-electron chi connectivity index (χ3n) is 4.23. The number of hydrazine groups is 1. The van der Waals surface area contributed by atoms with E-state index in [0.717, 1.165) is 36.2 Å². The minimum Gasteiger partial charge on any atom is -0.347 e. The number of piperidine rings is 1. The van der Waals surface area contributed by atoms with Crippen molar-refractivity contribution in [2.45, 2.75) is 12.8 Å². The second kappa shape index (κ2) is 7.18. The number of rotatable bonds is 5. The van der Waals surface area contributed by atoms with Crippen molar-refractivity contribution in [3.05, 3.63) is 18.6 Å². The number of nitrogens with zero attached hydrogens (tertiary/aromatic N) is 4. The first kappa shape index (κ1) is 16.1. The number of anilines is 1. The van der Waals surface area contributed by atoms with Gasteiger partial charge < -0.3 is 10.3 Å². The van der Waals surface area contributed by atoms with Gasteiger partial charge in [0.15, 0.2) is 5.82 Å². The monoisotopic (exact) mass is 334 g/mol. The maximum absolute atomic E-state index is 12.2. The third kappa shape index (κ3) is 3.42. The summed E-state index contributed by atoms with van der Waals surface area (Å²) in [6.45, 7) is 1.64. The van der Waals surface area contributed by atoms with Gasteiger partial charge in [-0.1, -0.05) is 0 Å². The van der Waals surface area contributed by atoms with E-state index in [0.29, 0.717) is 12.4 Å². The van der Waals surface area contributed by atoms with Gasteiger partial charge in [-0.05, 0) is 25.2 Å². The summed E-state index contributed by atoms with van der Waals surface area (Å²) in [5, 5.41) is 8.21. The maximum Gasteiger partial charge on any atom is 0.225 e. The summed E-state index contributed by atoms with van der Waals surface area (Å²) < 4.78 is 0. The molecular weight excluding hydrogens is 312 g/mol. The fourth-order valence-corrected chi connectivity index (χ4v) is 3.27. The Labute approximate surface area is 139 Å². The maximum atomic E-state index is 12.2. The van der Waals surface area contributed by atoms with Crippen molar-refractivity contribution in [1.29, 1.82) is 0 Å². The fourth-order valence-electron chi connectivity index (χ4n) is 2.98. The number of carbonyl (C=O) groups excluding carboxylic acids is 1. The predicted octanol–water partition coefficient (Wildman–Crippen LogP) is 1.46. The number of hydrogen-bond acceptors (Lipinski definition) is 6. The first-order valence-corrected chi connectivity index (χ1v) is 9.13. The van der Waals surface area contributed by atoms with E-state index >= 15 is 0 Å². The Hall–Kier alpha value is -1.80. The molecule has 3 rings (SSSR count). The lowest BCUT2D eigenvalue weighted by atomic mass is 9.98. The molecule has 0 bridgehead atoms. The Kier molecular flexibility index (Phi) is 5.02. The third-order valence-corrected chi connectivity index (χ3v) is 4.66. The van der Waals surface area contributed by atoms with Crippen LogP contribution in [0.5, 0.6) is 0 Å². The van der Waals surface area contributed by atoms with Gasteiger partial charge in [-0.15, -0.1) is 11.8 Å². The zero-order valence-corrected chi connectivity index (χ0v) is 14.3. The summed E-state index contributed by atoms with van der Waals surface area (Å²) in [6, 6.07) is 1.98. The zero-order chi connectivity index (χ0) is 16.2. The van der Waals surface area contributed by atoms with Gasteiger partial charge in [0.2, 0.25) is 5.91 Å². The Morgan fingerprint density at radius 3 is 3.26 bits per heavy atom. The molecule has 2 aromatic rings. The second-order valence-corrected chi connectivity index (χ2v) is 6.55. The second-order valence-electron chi connectivity index (χ2n) is 5.69. The minimum absolute atomic E-state index is 0.0295. The van der Waals surface area contributed by atoms with Crippen LogP contribution in [0.4, 0.5) is 5.82 Å². The number of carbonyl (C=O) groups is 1. The zero-order valence-electron chi connectivity index (χ0n) is 13.5. The van der Waals surface area contributed by atoms with E-state index in [1.165, 1.54) is 0 Å². The lowest BCUT2D eigenvalue weighted by molar-refractivity contribution is -0.126. The molecule has 1 atom stereocenters. The average molecular weight is 334 g/mol. The Morgan fingerprint density at radius 2 is 2.43 bits per heavy atom. The predicted molar refractivity (Wildman–Crippen MR) is 93.1 cm³/mol. The van der Waals surface area contributed by atoms with Gasteiger partial charge in [-0.2, -0.15) is 0 Å². The number of thioether (sulfide) groups is 1. The molecule has 0 saturated carbocycles. The van der Waals surface area contributed by atoms with Crippen LogP contribution < -0.4 is 10.3 Å². The molecule has 0 aliphatic carbocycles. The average Bonchev–Trinajstić information content (AvgIpc) is 3.07. The Morgan fingerprint density at radius 1 is 1.57 bits per heavy atom. The molecule has 3 heterocycles. The van der Waals surface area contributed by atoms with Crippen molar-refractivity contribution in [3.8, 4) is 0 Å². The van der Waals surface area contributed by atoms with Crippen LogP contribution in [0.1, 0.15) is 12.8 Å². The molecule has 1 amide bonds. The lowest BCUT2D eigenvalue weighted by Crippen LogP contribution is -2.50. The molecule has 1 fully saturated rings. The van der Waals surface area contributed by atoms with Crippen LogP contribution in [0.25, 0.3) is 11.0 Å². The van der Waals surface area contributed by atoms with Crippen LogP contribution in [-0.2, 0) is 4.79 Å². The van der Waals surface area contributed by atoms with E-state index in [-0.39, 0.29) is 11.8 Å². The summed E-state index contributed by atoms with van der Waals surface area (Å²) in [7, 11) is 2.00. The van der Waals surface area contributed by atoms with E-state index in [9.17, 15) is 4.79 Å². The molecule has 2 aromatic heterocycles. The lowest BCUT2D eigenvalue weighted by Gasteiger charge is -2.38. The molecule has 1 aliphatic rings. The largest absolute Gasteiger partial charge is 0.347 e. The van der Waals surface area contributed by atoms with Gasteiger partial charge in [-0.3, -0.25) is 9.80 Å². The molecule has 124 valence electrons. The minimum atomic E-state index is 0.0295. The Bertz CT molecular complexity index is 675. The first-order chi connectivity index (χ1) is 11.2. The van der Waals surface area contributed by atoms with Crippen molar-refractivity contribution >= 4 is 34.5 Å². The standard InChI is InChI=1S/C15H22N6OS/c1-20(14-12-5-6-16-13(12)17-9-18-14)21-7-3-4-11(8-21)15(22)19-10-23-2/h5-6,9,11H,3-4,7-8,10H2,1-2H3,(H,19,22)(H,16,17,18). The molecule has 0 radical (unpaired) electrons. The molecule has 1 unspecified atom stereocenters. The van der Waals surface area contributed by atoms with Gasteiger partial charge in [0.05, 0.1) is 17.2 Å². The van der Waals surface area contributed by atoms with E-state index in [4.69, 9.17) is 0 Å². The SMILES string of the molecule is CSCNC(=O)C1CCCN(N(C)c2ncnc3[nH]ccc23)C1. The molecule has 1 saturated heterocycles. The molecule has 2 N–H and O–H groups in total. The summed E-state index contributed by atoms with van der Waals surface area (Å²) in [6.07, 6.45) is 7.36. The van der Waals surface area contributed by atoms with Crippen LogP contribution in [0.3, 0.4) is 0 Å².